The van der Waals surface area contributed by atoms with E-state index >= 15 is 0 Å². The predicted octanol–water partition coefficient (Wildman–Crippen LogP) is 2.30. The van der Waals surface area contributed by atoms with Gasteiger partial charge in [-0.3, -0.25) is 4.79 Å². The molecule has 0 N–H and O–H groups in total. The Hall–Kier alpha value is -2.31. The summed E-state index contributed by atoms with van der Waals surface area (Å²) in [5, 5.41) is 3.17. The highest BCUT2D eigenvalue weighted by molar-refractivity contribution is 5.75. The van der Waals surface area contributed by atoms with Gasteiger partial charge in [0, 0.05) is 10.5 Å². The SMILES string of the molecule is [N-]=[N+]=NCC#Cc1cc(C=O)ccc1F. The molecule has 74 valence electrons. The van der Waals surface area contributed by atoms with Gasteiger partial charge in [0.1, 0.15) is 12.1 Å². The second-order valence-corrected chi connectivity index (χ2v) is 2.55. The van der Waals surface area contributed by atoms with Crippen LogP contribution in [0.25, 0.3) is 10.4 Å². The summed E-state index contributed by atoms with van der Waals surface area (Å²) in [7, 11) is 0. The van der Waals surface area contributed by atoms with Gasteiger partial charge < -0.3 is 0 Å². The van der Waals surface area contributed by atoms with E-state index in [1.165, 1.54) is 18.2 Å². The molecule has 1 rings (SSSR count). The molecule has 15 heavy (non-hydrogen) atoms. The number of carbonyl (C=O) groups excluding carboxylic acids is 1. The fraction of sp³-hybridized carbons (Fsp3) is 0.100. The zero-order valence-corrected chi connectivity index (χ0v) is 7.64. The number of benzene rings is 1. The highest BCUT2D eigenvalue weighted by Gasteiger charge is 1.99. The molecule has 0 unspecified atom stereocenters. The van der Waals surface area contributed by atoms with Gasteiger partial charge in [-0.25, -0.2) is 4.39 Å². The molecule has 0 amide bonds. The maximum Gasteiger partial charge on any atom is 0.150 e. The lowest BCUT2D eigenvalue weighted by molar-refractivity contribution is 0.112. The van der Waals surface area contributed by atoms with Crippen molar-refractivity contribution in [2.75, 3.05) is 6.54 Å². The van der Waals surface area contributed by atoms with Crippen LogP contribution in [0.5, 0.6) is 0 Å². The zero-order chi connectivity index (χ0) is 11.1. The molecule has 1 aromatic carbocycles. The third-order valence-electron chi connectivity index (χ3n) is 1.56. The Morgan fingerprint density at radius 3 is 3.07 bits per heavy atom. The van der Waals surface area contributed by atoms with Gasteiger partial charge >= 0.3 is 0 Å². The van der Waals surface area contributed by atoms with E-state index in [1.807, 2.05) is 0 Å². The molecule has 0 fully saturated rings. The zero-order valence-electron chi connectivity index (χ0n) is 7.64. The van der Waals surface area contributed by atoms with E-state index in [0.717, 1.165) is 0 Å². The topological polar surface area (TPSA) is 65.8 Å². The van der Waals surface area contributed by atoms with Crippen molar-refractivity contribution in [2.45, 2.75) is 0 Å². The first-order valence-corrected chi connectivity index (χ1v) is 4.02. The van der Waals surface area contributed by atoms with Crippen molar-refractivity contribution in [1.82, 2.24) is 0 Å². The van der Waals surface area contributed by atoms with Gasteiger partial charge in [0.25, 0.3) is 0 Å². The molecule has 0 spiro atoms. The van der Waals surface area contributed by atoms with Crippen molar-refractivity contribution in [3.8, 4) is 11.8 Å². The van der Waals surface area contributed by atoms with E-state index < -0.39 is 5.82 Å². The lowest BCUT2D eigenvalue weighted by Crippen LogP contribution is -1.87. The molecule has 0 aliphatic heterocycles. The molecule has 0 radical (unpaired) electrons. The molecule has 4 nitrogen and oxygen atoms in total. The van der Waals surface area contributed by atoms with Crippen LogP contribution < -0.4 is 0 Å². The number of carbonyl (C=O) groups is 1. The number of hydrogen-bond donors (Lipinski definition) is 0. The van der Waals surface area contributed by atoms with Gasteiger partial charge in [0.2, 0.25) is 0 Å². The lowest BCUT2D eigenvalue weighted by atomic mass is 10.1. The Morgan fingerprint density at radius 2 is 2.40 bits per heavy atom. The molecule has 0 heterocycles. The van der Waals surface area contributed by atoms with Gasteiger partial charge in [-0.1, -0.05) is 17.0 Å². The fourth-order valence-electron chi connectivity index (χ4n) is 0.914. The van der Waals surface area contributed by atoms with E-state index in [1.54, 1.807) is 0 Å². The van der Waals surface area contributed by atoms with Crippen molar-refractivity contribution < 1.29 is 9.18 Å². The first-order chi connectivity index (χ1) is 7.27. The minimum atomic E-state index is -0.506. The summed E-state index contributed by atoms with van der Waals surface area (Å²) in [6, 6.07) is 3.87. The van der Waals surface area contributed by atoms with Crippen LogP contribution in [0.15, 0.2) is 23.3 Å². The maximum absolute atomic E-state index is 13.1. The summed E-state index contributed by atoms with van der Waals surface area (Å²) in [5.41, 5.74) is 8.44. The molecule has 0 aliphatic carbocycles. The van der Waals surface area contributed by atoms with Crippen LogP contribution >= 0.6 is 0 Å². The highest BCUT2D eigenvalue weighted by atomic mass is 19.1. The minimum Gasteiger partial charge on any atom is -0.298 e. The Labute approximate surface area is 85.4 Å². The molecule has 0 aliphatic rings. The Kier molecular flexibility index (Phi) is 3.90. The number of azide groups is 1. The number of rotatable bonds is 2. The largest absolute Gasteiger partial charge is 0.298 e. The quantitative estimate of drug-likeness (QED) is 0.239. The van der Waals surface area contributed by atoms with Gasteiger partial charge in [-0.15, -0.1) is 0 Å². The van der Waals surface area contributed by atoms with Crippen molar-refractivity contribution in [3.63, 3.8) is 0 Å². The summed E-state index contributed by atoms with van der Waals surface area (Å²) in [5.74, 6) is 4.44. The average molecular weight is 203 g/mol. The van der Waals surface area contributed by atoms with Crippen LogP contribution in [0.2, 0.25) is 0 Å². The summed E-state index contributed by atoms with van der Waals surface area (Å²) < 4.78 is 13.1. The normalized spacial score (nSPS) is 8.33. The van der Waals surface area contributed by atoms with Crippen LogP contribution in [0.1, 0.15) is 15.9 Å². The minimum absolute atomic E-state index is 0.0265. The summed E-state index contributed by atoms with van der Waals surface area (Å²) >= 11 is 0. The smallest absolute Gasteiger partial charge is 0.150 e. The van der Waals surface area contributed by atoms with Crippen molar-refractivity contribution in [2.24, 2.45) is 5.11 Å². The summed E-state index contributed by atoms with van der Waals surface area (Å²) in [4.78, 5) is 12.9. The molecule has 0 saturated carbocycles. The molecule has 1 aromatic rings. The van der Waals surface area contributed by atoms with E-state index in [2.05, 4.69) is 21.9 Å². The molecule has 0 saturated heterocycles. The first-order valence-electron chi connectivity index (χ1n) is 4.02. The van der Waals surface area contributed by atoms with Crippen LogP contribution in [0.4, 0.5) is 4.39 Å². The van der Waals surface area contributed by atoms with Gasteiger partial charge in [-0.05, 0) is 23.7 Å². The van der Waals surface area contributed by atoms with Gasteiger partial charge in [-0.2, -0.15) is 0 Å². The Balaban J connectivity index is 2.95. The second-order valence-electron chi connectivity index (χ2n) is 2.55. The lowest BCUT2D eigenvalue weighted by Gasteiger charge is -1.94. The Bertz CT molecular complexity index is 481. The Morgan fingerprint density at radius 1 is 1.60 bits per heavy atom. The van der Waals surface area contributed by atoms with Crippen LogP contribution in [-0.2, 0) is 0 Å². The average Bonchev–Trinajstić information content (AvgIpc) is 2.26. The second kappa shape index (κ2) is 5.43. The van der Waals surface area contributed by atoms with E-state index in [-0.39, 0.29) is 12.1 Å². The third-order valence-corrected chi connectivity index (χ3v) is 1.56. The van der Waals surface area contributed by atoms with Gasteiger partial charge in [0.05, 0.1) is 12.1 Å². The maximum atomic E-state index is 13.1. The molecule has 0 atom stereocenters. The van der Waals surface area contributed by atoms with Crippen molar-refractivity contribution in [1.29, 1.82) is 0 Å². The summed E-state index contributed by atoms with van der Waals surface area (Å²) in [6.07, 6.45) is 0.609. The molecule has 0 aromatic heterocycles. The molecule has 0 bridgehead atoms. The van der Waals surface area contributed by atoms with Crippen molar-refractivity contribution in [3.05, 3.63) is 45.6 Å². The number of aldehydes is 1. The monoisotopic (exact) mass is 203 g/mol. The van der Waals surface area contributed by atoms with Gasteiger partial charge in [0.15, 0.2) is 0 Å². The van der Waals surface area contributed by atoms with E-state index in [0.29, 0.717) is 11.8 Å². The molecular formula is C10H6FN3O. The van der Waals surface area contributed by atoms with Crippen molar-refractivity contribution >= 4 is 6.29 Å². The van der Waals surface area contributed by atoms with Crippen LogP contribution in [-0.4, -0.2) is 12.8 Å². The van der Waals surface area contributed by atoms with E-state index in [4.69, 9.17) is 5.53 Å². The number of halogens is 1. The number of nitrogens with zero attached hydrogens (tertiary/aromatic N) is 3. The summed E-state index contributed by atoms with van der Waals surface area (Å²) in [6.45, 7) is -0.0265. The highest BCUT2D eigenvalue weighted by Crippen LogP contribution is 2.07. The molecular weight excluding hydrogens is 197 g/mol. The third kappa shape index (κ3) is 3.14. The predicted molar refractivity (Wildman–Crippen MR) is 52.7 cm³/mol. The molecule has 5 heteroatoms. The fourth-order valence-corrected chi connectivity index (χ4v) is 0.914. The standard InChI is InChI=1S/C10H6FN3O/c11-10-4-3-8(7-15)6-9(10)2-1-5-13-14-12/h3-4,6-7H,5H2. The van der Waals surface area contributed by atoms with E-state index in [9.17, 15) is 9.18 Å². The number of hydrogen-bond acceptors (Lipinski definition) is 2. The van der Waals surface area contributed by atoms with Crippen LogP contribution in [0, 0.1) is 17.7 Å². The van der Waals surface area contributed by atoms with Crippen LogP contribution in [0.3, 0.4) is 0 Å². The first kappa shape index (κ1) is 10.8.